The fourth-order valence-electron chi connectivity index (χ4n) is 2.90. The highest BCUT2D eigenvalue weighted by atomic mass is 127. The van der Waals surface area contributed by atoms with Gasteiger partial charge in [-0.1, -0.05) is 0 Å². The second kappa shape index (κ2) is 15.7. The molecule has 0 fully saturated rings. The van der Waals surface area contributed by atoms with Crippen molar-refractivity contribution in [2.75, 3.05) is 32.8 Å². The van der Waals surface area contributed by atoms with Crippen molar-refractivity contribution in [2.24, 2.45) is 4.99 Å². The standard InChI is InChI=1S/C21H37FN4O2.HI/c1-6-23-21(24-12-7-13-26(16(2)3)17(4)5)25-14-19(27)15-28-20-10-8-18(22)9-11-20;/h8-11,16-17,19,27H,6-7,12-15H2,1-5H3,(H2,23,24,25);1H. The number of aliphatic imine (C=N–C) groups is 1. The normalized spacial score (nSPS) is 12.8. The highest BCUT2D eigenvalue weighted by Gasteiger charge is 2.12. The van der Waals surface area contributed by atoms with E-state index >= 15 is 0 Å². The van der Waals surface area contributed by atoms with E-state index in [1.54, 1.807) is 0 Å². The minimum atomic E-state index is -0.738. The third-order valence-corrected chi connectivity index (χ3v) is 4.27. The Hall–Kier alpha value is -1.13. The molecule has 0 bridgehead atoms. The number of nitrogens with one attached hydrogen (secondary N) is 2. The van der Waals surface area contributed by atoms with Gasteiger partial charge in [0.2, 0.25) is 0 Å². The summed E-state index contributed by atoms with van der Waals surface area (Å²) in [5.74, 6) is 0.891. The van der Waals surface area contributed by atoms with Gasteiger partial charge in [0.1, 0.15) is 24.3 Å². The van der Waals surface area contributed by atoms with Crippen LogP contribution >= 0.6 is 24.0 Å². The Bertz CT molecular complexity index is 562. The summed E-state index contributed by atoms with van der Waals surface area (Å²) in [4.78, 5) is 6.88. The van der Waals surface area contributed by atoms with Crippen LogP contribution in [0.3, 0.4) is 0 Å². The van der Waals surface area contributed by atoms with Gasteiger partial charge in [-0.05, 0) is 65.3 Å². The zero-order valence-electron chi connectivity index (χ0n) is 18.3. The van der Waals surface area contributed by atoms with Gasteiger partial charge in [0.25, 0.3) is 0 Å². The third-order valence-electron chi connectivity index (χ3n) is 4.27. The molecule has 3 N–H and O–H groups in total. The maximum absolute atomic E-state index is 12.9. The first-order valence-electron chi connectivity index (χ1n) is 10.2. The molecule has 0 heterocycles. The summed E-state index contributed by atoms with van der Waals surface area (Å²) >= 11 is 0. The molecular weight excluding hydrogens is 486 g/mol. The van der Waals surface area contributed by atoms with Crippen molar-refractivity contribution in [3.8, 4) is 5.75 Å². The van der Waals surface area contributed by atoms with E-state index in [1.807, 2.05) is 6.92 Å². The van der Waals surface area contributed by atoms with Crippen molar-refractivity contribution >= 4 is 29.9 Å². The van der Waals surface area contributed by atoms with E-state index in [1.165, 1.54) is 24.3 Å². The van der Waals surface area contributed by atoms with Gasteiger partial charge in [0.15, 0.2) is 5.96 Å². The fraction of sp³-hybridized carbons (Fsp3) is 0.667. The molecule has 0 aromatic heterocycles. The van der Waals surface area contributed by atoms with Crippen LogP contribution in [0.1, 0.15) is 41.0 Å². The van der Waals surface area contributed by atoms with Crippen LogP contribution in [0.4, 0.5) is 4.39 Å². The maximum Gasteiger partial charge on any atom is 0.191 e. The molecule has 1 aromatic rings. The number of benzene rings is 1. The summed E-state index contributed by atoms with van der Waals surface area (Å²) < 4.78 is 18.3. The fourth-order valence-corrected chi connectivity index (χ4v) is 2.90. The summed E-state index contributed by atoms with van der Waals surface area (Å²) in [5.41, 5.74) is 0. The van der Waals surface area contributed by atoms with Gasteiger partial charge < -0.3 is 20.5 Å². The van der Waals surface area contributed by atoms with Crippen molar-refractivity contribution in [2.45, 2.75) is 59.2 Å². The monoisotopic (exact) mass is 524 g/mol. The number of halogens is 2. The summed E-state index contributed by atoms with van der Waals surface area (Å²) in [6.07, 6.45) is 0.273. The van der Waals surface area contributed by atoms with Crippen molar-refractivity contribution in [3.05, 3.63) is 30.1 Å². The molecule has 29 heavy (non-hydrogen) atoms. The Morgan fingerprint density at radius 1 is 1.14 bits per heavy atom. The minimum absolute atomic E-state index is 0. The summed E-state index contributed by atoms with van der Waals surface area (Å²) in [6, 6.07) is 6.78. The molecule has 0 aliphatic heterocycles. The molecule has 6 nitrogen and oxygen atoms in total. The average molecular weight is 524 g/mol. The van der Waals surface area contributed by atoms with Crippen molar-refractivity contribution in [3.63, 3.8) is 0 Å². The van der Waals surface area contributed by atoms with Gasteiger partial charge >= 0.3 is 0 Å². The van der Waals surface area contributed by atoms with Crippen molar-refractivity contribution in [1.82, 2.24) is 15.5 Å². The molecule has 168 valence electrons. The van der Waals surface area contributed by atoms with Crippen molar-refractivity contribution < 1.29 is 14.2 Å². The molecule has 1 unspecified atom stereocenters. The van der Waals surface area contributed by atoms with Crippen LogP contribution in [0.15, 0.2) is 29.3 Å². The predicted octanol–water partition coefficient (Wildman–Crippen LogP) is 3.25. The minimum Gasteiger partial charge on any atom is -0.491 e. The van der Waals surface area contributed by atoms with Gasteiger partial charge in [-0.25, -0.2) is 4.39 Å². The zero-order valence-corrected chi connectivity index (χ0v) is 20.7. The summed E-state index contributed by atoms with van der Waals surface area (Å²) in [6.45, 7) is 13.8. The molecule has 0 radical (unpaired) electrons. The van der Waals surface area contributed by atoms with Gasteiger partial charge in [0, 0.05) is 31.7 Å². The van der Waals surface area contributed by atoms with Gasteiger partial charge in [0.05, 0.1) is 6.54 Å². The number of hydrogen-bond donors (Lipinski definition) is 3. The second-order valence-electron chi connectivity index (χ2n) is 7.34. The van der Waals surface area contributed by atoms with Crippen LogP contribution < -0.4 is 15.4 Å². The Morgan fingerprint density at radius 3 is 2.31 bits per heavy atom. The number of hydrogen-bond acceptors (Lipinski definition) is 4. The van der Waals surface area contributed by atoms with E-state index in [0.717, 1.165) is 26.1 Å². The van der Waals surface area contributed by atoms with E-state index in [0.29, 0.717) is 23.8 Å². The van der Waals surface area contributed by atoms with Crippen LogP contribution in [0.5, 0.6) is 5.75 Å². The van der Waals surface area contributed by atoms with Gasteiger partial charge in [-0.15, -0.1) is 24.0 Å². The molecule has 1 aromatic carbocycles. The van der Waals surface area contributed by atoms with E-state index in [2.05, 4.69) is 48.2 Å². The van der Waals surface area contributed by atoms with Gasteiger partial charge in [-0.3, -0.25) is 9.89 Å². The first-order chi connectivity index (χ1) is 13.3. The number of guanidine groups is 1. The molecule has 1 rings (SSSR count). The lowest BCUT2D eigenvalue weighted by Crippen LogP contribution is -2.41. The quantitative estimate of drug-likeness (QED) is 0.170. The first kappa shape index (κ1) is 27.9. The number of ether oxygens (including phenoxy) is 1. The Kier molecular flexibility index (Phi) is 15.1. The lowest BCUT2D eigenvalue weighted by Gasteiger charge is -2.30. The number of aliphatic hydroxyl groups excluding tert-OH is 1. The maximum atomic E-state index is 12.9. The Morgan fingerprint density at radius 2 is 1.76 bits per heavy atom. The van der Waals surface area contributed by atoms with Crippen LogP contribution in [0, 0.1) is 5.82 Å². The van der Waals surface area contributed by atoms with E-state index in [-0.39, 0.29) is 42.9 Å². The topological polar surface area (TPSA) is 69.1 Å². The van der Waals surface area contributed by atoms with E-state index in [4.69, 9.17) is 4.74 Å². The van der Waals surface area contributed by atoms with Gasteiger partial charge in [-0.2, -0.15) is 0 Å². The SMILES string of the molecule is CCNC(=NCC(O)COc1ccc(F)cc1)NCCCN(C(C)C)C(C)C.I. The van der Waals surface area contributed by atoms with Crippen LogP contribution in [0.2, 0.25) is 0 Å². The van der Waals surface area contributed by atoms with Crippen LogP contribution in [0.25, 0.3) is 0 Å². The largest absolute Gasteiger partial charge is 0.491 e. The molecule has 0 amide bonds. The lowest BCUT2D eigenvalue weighted by molar-refractivity contribution is 0.114. The number of aliphatic hydroxyl groups is 1. The van der Waals surface area contributed by atoms with E-state index in [9.17, 15) is 9.50 Å². The average Bonchev–Trinajstić information content (AvgIpc) is 2.64. The zero-order chi connectivity index (χ0) is 20.9. The first-order valence-corrected chi connectivity index (χ1v) is 10.2. The summed E-state index contributed by atoms with van der Waals surface area (Å²) in [7, 11) is 0. The molecule has 0 spiro atoms. The van der Waals surface area contributed by atoms with E-state index < -0.39 is 6.10 Å². The lowest BCUT2D eigenvalue weighted by atomic mass is 10.2. The van der Waals surface area contributed by atoms with Crippen LogP contribution in [-0.2, 0) is 0 Å². The predicted molar refractivity (Wildman–Crippen MR) is 129 cm³/mol. The molecule has 0 saturated carbocycles. The third kappa shape index (κ3) is 12.2. The number of nitrogens with zero attached hydrogens (tertiary/aromatic N) is 2. The van der Waals surface area contributed by atoms with Crippen molar-refractivity contribution in [1.29, 1.82) is 0 Å². The molecule has 8 heteroatoms. The Labute approximate surface area is 192 Å². The smallest absolute Gasteiger partial charge is 0.191 e. The summed E-state index contributed by atoms with van der Waals surface area (Å²) in [5, 5.41) is 16.6. The Balaban J connectivity index is 0.00000784. The molecule has 0 aliphatic rings. The molecular formula is C21H38FIN4O2. The molecule has 0 aliphatic carbocycles. The highest BCUT2D eigenvalue weighted by molar-refractivity contribution is 14.0. The highest BCUT2D eigenvalue weighted by Crippen LogP contribution is 2.11. The van der Waals surface area contributed by atoms with Crippen LogP contribution in [-0.4, -0.2) is 66.9 Å². The number of rotatable bonds is 12. The molecule has 1 atom stereocenters. The second-order valence-corrected chi connectivity index (χ2v) is 7.34. The molecule has 0 saturated heterocycles.